The van der Waals surface area contributed by atoms with Crippen molar-refractivity contribution in [2.24, 2.45) is 5.10 Å². The fraction of sp³-hybridized carbons (Fsp3) is 0.308. The van der Waals surface area contributed by atoms with Crippen LogP contribution in [0.5, 0.6) is 0 Å². The number of aromatic nitrogens is 2. The molecule has 2 heterocycles. The van der Waals surface area contributed by atoms with Gasteiger partial charge in [-0.3, -0.25) is 10.4 Å². The molecule has 1 aliphatic rings. The first-order chi connectivity index (χ1) is 8.72. The predicted molar refractivity (Wildman–Crippen MR) is 72.1 cm³/mol. The van der Waals surface area contributed by atoms with Gasteiger partial charge in [-0.2, -0.15) is 5.10 Å². The van der Waals surface area contributed by atoms with Crippen molar-refractivity contribution < 1.29 is 0 Å². The summed E-state index contributed by atoms with van der Waals surface area (Å²) in [7, 11) is 1.79. The summed E-state index contributed by atoms with van der Waals surface area (Å²) in [5.74, 6) is 1.24. The molecule has 0 bridgehead atoms. The molecule has 18 heavy (non-hydrogen) atoms. The van der Waals surface area contributed by atoms with Crippen molar-refractivity contribution >= 4 is 23.1 Å². The minimum absolute atomic E-state index is 0.137. The van der Waals surface area contributed by atoms with E-state index in [1.165, 1.54) is 0 Å². The van der Waals surface area contributed by atoms with Gasteiger partial charge in [-0.05, 0) is 19.1 Å². The number of hydrogen-bond acceptors (Lipinski definition) is 3. The molecule has 92 valence electrons. The molecule has 5 nitrogen and oxygen atoms in total. The molecule has 1 atom stereocenters. The summed E-state index contributed by atoms with van der Waals surface area (Å²) in [5, 5.41) is 13.8. The molecule has 2 aromatic rings. The molecule has 0 radical (unpaired) electrons. The number of hydrazone groups is 1. The molecule has 0 saturated carbocycles. The summed E-state index contributed by atoms with van der Waals surface area (Å²) in [5.41, 5.74) is 2.09. The van der Waals surface area contributed by atoms with Crippen LogP contribution in [0.25, 0.3) is 11.0 Å². The van der Waals surface area contributed by atoms with Crippen molar-refractivity contribution in [2.75, 3.05) is 7.05 Å². The van der Waals surface area contributed by atoms with E-state index in [4.69, 9.17) is 5.41 Å². The number of para-hydroxylation sites is 2. The molecule has 0 saturated heterocycles. The molecule has 1 N–H and O–H groups in total. The Morgan fingerprint density at radius 1 is 1.33 bits per heavy atom. The number of hydrogen-bond donors (Lipinski definition) is 1. The summed E-state index contributed by atoms with van der Waals surface area (Å²) in [6.07, 6.45) is 1.79. The number of rotatable bonds is 2. The minimum atomic E-state index is -0.137. The number of benzene rings is 1. The van der Waals surface area contributed by atoms with Gasteiger partial charge in [0.05, 0.1) is 11.0 Å². The monoisotopic (exact) mass is 241 g/mol. The van der Waals surface area contributed by atoms with Gasteiger partial charge in [0.15, 0.2) is 0 Å². The van der Waals surface area contributed by atoms with Crippen LogP contribution in [0.1, 0.15) is 18.7 Å². The molecule has 1 aromatic heterocycles. The zero-order valence-corrected chi connectivity index (χ0v) is 10.5. The van der Waals surface area contributed by atoms with E-state index < -0.39 is 0 Å². The Labute approximate surface area is 105 Å². The first kappa shape index (κ1) is 11.0. The molecule has 1 aromatic carbocycles. The topological polar surface area (TPSA) is 57.3 Å². The molecule has 0 fully saturated rings. The van der Waals surface area contributed by atoms with E-state index >= 15 is 0 Å². The van der Waals surface area contributed by atoms with Crippen molar-refractivity contribution in [3.05, 3.63) is 30.1 Å². The van der Waals surface area contributed by atoms with Crippen LogP contribution in [-0.2, 0) is 6.54 Å². The third-order valence-corrected chi connectivity index (χ3v) is 3.31. The van der Waals surface area contributed by atoms with E-state index in [1.807, 2.05) is 18.2 Å². The maximum atomic E-state index is 8.04. The van der Waals surface area contributed by atoms with Crippen LogP contribution in [0.2, 0.25) is 0 Å². The average molecular weight is 241 g/mol. The van der Waals surface area contributed by atoms with Crippen molar-refractivity contribution in [3.63, 3.8) is 0 Å². The van der Waals surface area contributed by atoms with Gasteiger partial charge in [0, 0.05) is 19.8 Å². The van der Waals surface area contributed by atoms with Crippen LogP contribution in [-0.4, -0.2) is 33.7 Å². The summed E-state index contributed by atoms with van der Waals surface area (Å²) < 4.78 is 2.15. The zero-order chi connectivity index (χ0) is 12.7. The lowest BCUT2D eigenvalue weighted by Crippen LogP contribution is -2.22. The number of nitrogens with one attached hydrogen (secondary N) is 1. The summed E-state index contributed by atoms with van der Waals surface area (Å²) in [6.45, 7) is 2.94. The Morgan fingerprint density at radius 2 is 2.11 bits per heavy atom. The Hall–Kier alpha value is -2.17. The Morgan fingerprint density at radius 3 is 2.78 bits per heavy atom. The van der Waals surface area contributed by atoms with Gasteiger partial charge in [0.2, 0.25) is 0 Å². The molecule has 0 aliphatic carbocycles. The first-order valence-corrected chi connectivity index (χ1v) is 6.03. The van der Waals surface area contributed by atoms with Crippen molar-refractivity contribution in [3.8, 4) is 0 Å². The second-order valence-corrected chi connectivity index (χ2v) is 4.35. The Bertz CT molecular complexity index is 640. The highest BCUT2D eigenvalue weighted by atomic mass is 15.5. The Balaban J connectivity index is 2.18. The van der Waals surface area contributed by atoms with Crippen LogP contribution < -0.4 is 0 Å². The van der Waals surface area contributed by atoms with E-state index in [1.54, 1.807) is 18.3 Å². The summed E-state index contributed by atoms with van der Waals surface area (Å²) >= 11 is 0. The van der Waals surface area contributed by atoms with E-state index in [2.05, 4.69) is 27.6 Å². The summed E-state index contributed by atoms with van der Waals surface area (Å²) in [4.78, 5) is 4.65. The fourth-order valence-electron chi connectivity index (χ4n) is 2.35. The molecule has 3 rings (SSSR count). The van der Waals surface area contributed by atoms with Gasteiger partial charge in [-0.1, -0.05) is 12.1 Å². The third-order valence-electron chi connectivity index (χ3n) is 3.31. The van der Waals surface area contributed by atoms with Gasteiger partial charge in [-0.25, -0.2) is 4.98 Å². The normalized spacial score (nSPS) is 19.1. The van der Waals surface area contributed by atoms with E-state index in [0.717, 1.165) is 23.4 Å². The smallest absolute Gasteiger partial charge is 0.133 e. The molecular formula is C13H15N5. The van der Waals surface area contributed by atoms with Gasteiger partial charge in [-0.15, -0.1) is 0 Å². The highest BCUT2D eigenvalue weighted by Crippen LogP contribution is 2.25. The highest BCUT2D eigenvalue weighted by Gasteiger charge is 2.28. The summed E-state index contributed by atoms with van der Waals surface area (Å²) in [6, 6.07) is 8.07. The molecule has 0 amide bonds. The molecule has 1 aliphatic heterocycles. The van der Waals surface area contributed by atoms with Gasteiger partial charge < -0.3 is 4.57 Å². The number of likely N-dealkylation sites (N-methyl/N-ethyl adjacent to an activating group) is 1. The largest absolute Gasteiger partial charge is 0.327 e. The van der Waals surface area contributed by atoms with Crippen molar-refractivity contribution in [1.29, 1.82) is 5.41 Å². The highest BCUT2D eigenvalue weighted by molar-refractivity contribution is 6.04. The maximum Gasteiger partial charge on any atom is 0.133 e. The van der Waals surface area contributed by atoms with Crippen LogP contribution in [0, 0.1) is 5.41 Å². The quantitative estimate of drug-likeness (QED) is 0.874. The van der Waals surface area contributed by atoms with Crippen molar-refractivity contribution in [2.45, 2.75) is 19.4 Å². The second kappa shape index (κ2) is 3.94. The third kappa shape index (κ3) is 1.44. The minimum Gasteiger partial charge on any atom is -0.327 e. The predicted octanol–water partition coefficient (Wildman–Crippen LogP) is 2.05. The average Bonchev–Trinajstić information content (AvgIpc) is 2.91. The van der Waals surface area contributed by atoms with Crippen LogP contribution in [0.4, 0.5) is 0 Å². The molecule has 1 unspecified atom stereocenters. The second-order valence-electron chi connectivity index (χ2n) is 4.35. The molecular weight excluding hydrogens is 226 g/mol. The number of imidazole rings is 1. The van der Waals surface area contributed by atoms with Crippen LogP contribution >= 0.6 is 0 Å². The van der Waals surface area contributed by atoms with E-state index in [-0.39, 0.29) is 5.92 Å². The Kier molecular flexibility index (Phi) is 2.40. The first-order valence-electron chi connectivity index (χ1n) is 6.03. The van der Waals surface area contributed by atoms with Gasteiger partial charge in [0.25, 0.3) is 0 Å². The zero-order valence-electron chi connectivity index (χ0n) is 10.5. The van der Waals surface area contributed by atoms with Gasteiger partial charge in [0.1, 0.15) is 17.6 Å². The van der Waals surface area contributed by atoms with Crippen LogP contribution in [0.3, 0.4) is 0 Å². The number of amidine groups is 1. The number of nitrogens with zero attached hydrogens (tertiary/aromatic N) is 4. The van der Waals surface area contributed by atoms with Gasteiger partial charge >= 0.3 is 0 Å². The number of aryl methyl sites for hydroxylation is 1. The lowest BCUT2D eigenvalue weighted by Gasteiger charge is -2.13. The lowest BCUT2D eigenvalue weighted by atomic mass is 10.1. The number of fused-ring (bicyclic) bond motifs is 1. The van der Waals surface area contributed by atoms with E-state index in [0.29, 0.717) is 5.84 Å². The maximum absolute atomic E-state index is 8.04. The SMILES string of the molecule is CCn1c(C2C=NN(C)C2=N)nc2ccccc21. The molecule has 5 heteroatoms. The standard InChI is InChI=1S/C13H15N5/c1-3-18-11-7-5-4-6-10(11)16-13(18)9-8-15-17(2)12(9)14/h4-9,14H,3H2,1-2H3. The van der Waals surface area contributed by atoms with E-state index in [9.17, 15) is 0 Å². The van der Waals surface area contributed by atoms with Crippen LogP contribution in [0.15, 0.2) is 29.4 Å². The fourth-order valence-corrected chi connectivity index (χ4v) is 2.35. The molecule has 0 spiro atoms. The lowest BCUT2D eigenvalue weighted by molar-refractivity contribution is 0.548. The van der Waals surface area contributed by atoms with Crippen molar-refractivity contribution in [1.82, 2.24) is 14.6 Å².